The molecule has 0 radical (unpaired) electrons. The number of hydrogen-bond acceptors (Lipinski definition) is 6. The van der Waals surface area contributed by atoms with Crippen molar-refractivity contribution in [3.05, 3.63) is 96.1 Å². The van der Waals surface area contributed by atoms with Crippen molar-refractivity contribution in [2.45, 2.75) is 37.8 Å². The van der Waals surface area contributed by atoms with Crippen molar-refractivity contribution >= 4 is 44.1 Å². The third-order valence-corrected chi connectivity index (χ3v) is 9.48. The van der Waals surface area contributed by atoms with E-state index in [1.165, 1.54) is 23.1 Å². The number of benzene rings is 4. The van der Waals surface area contributed by atoms with Crippen LogP contribution >= 0.6 is 0 Å². The summed E-state index contributed by atoms with van der Waals surface area (Å²) in [6.07, 6.45) is -0.640. The second-order valence-electron chi connectivity index (χ2n) is 11.6. The molecule has 4 aromatic rings. The minimum absolute atomic E-state index is 0.0627. The van der Waals surface area contributed by atoms with E-state index in [1.54, 1.807) is 43.1 Å². The van der Waals surface area contributed by atoms with Gasteiger partial charge in [0.1, 0.15) is 6.10 Å². The number of anilines is 2. The molecule has 5 rings (SSSR count). The molecule has 3 amide bonds. The van der Waals surface area contributed by atoms with E-state index in [0.717, 1.165) is 16.3 Å². The predicted octanol–water partition coefficient (Wildman–Crippen LogP) is 5.33. The van der Waals surface area contributed by atoms with Crippen LogP contribution in [0.25, 0.3) is 10.8 Å². The van der Waals surface area contributed by atoms with Gasteiger partial charge < -0.3 is 25.0 Å². The molecule has 4 aromatic carbocycles. The average Bonchev–Trinajstić information content (AvgIpc) is 3.02. The van der Waals surface area contributed by atoms with Crippen LogP contribution in [0.1, 0.15) is 29.8 Å². The summed E-state index contributed by atoms with van der Waals surface area (Å²) >= 11 is 0. The van der Waals surface area contributed by atoms with Crippen LogP contribution in [0.2, 0.25) is 0 Å². The molecule has 236 valence electrons. The Morgan fingerprint density at radius 1 is 1.02 bits per heavy atom. The monoisotopic (exact) mass is 630 g/mol. The maximum absolute atomic E-state index is 13.8. The van der Waals surface area contributed by atoms with Crippen LogP contribution in [-0.4, -0.2) is 74.2 Å². The number of fused-ring (bicyclic) bond motifs is 2. The first kappa shape index (κ1) is 31.8. The van der Waals surface area contributed by atoms with Gasteiger partial charge in [0, 0.05) is 24.9 Å². The molecule has 0 aromatic heterocycles. The number of sulfonamides is 1. The van der Waals surface area contributed by atoms with Gasteiger partial charge in [-0.25, -0.2) is 13.2 Å². The van der Waals surface area contributed by atoms with Gasteiger partial charge >= 0.3 is 6.03 Å². The lowest BCUT2D eigenvalue weighted by Gasteiger charge is -2.38. The zero-order chi connectivity index (χ0) is 32.3. The maximum atomic E-state index is 13.8. The van der Waals surface area contributed by atoms with Gasteiger partial charge in [0.25, 0.3) is 15.9 Å². The number of amides is 3. The highest BCUT2D eigenvalue weighted by molar-refractivity contribution is 7.92. The van der Waals surface area contributed by atoms with Crippen LogP contribution in [0.5, 0.6) is 5.75 Å². The molecule has 1 heterocycles. The van der Waals surface area contributed by atoms with Crippen LogP contribution in [0.3, 0.4) is 0 Å². The Balaban J connectivity index is 1.47. The quantitative estimate of drug-likeness (QED) is 0.241. The number of urea groups is 1. The van der Waals surface area contributed by atoms with Crippen molar-refractivity contribution in [2.24, 2.45) is 5.92 Å². The first-order valence-corrected chi connectivity index (χ1v) is 16.3. The molecular formula is C34H38N4O6S. The molecule has 3 atom stereocenters. The van der Waals surface area contributed by atoms with E-state index in [2.05, 4.69) is 10.0 Å². The van der Waals surface area contributed by atoms with Gasteiger partial charge in [-0.15, -0.1) is 0 Å². The van der Waals surface area contributed by atoms with Crippen molar-refractivity contribution in [3.8, 4) is 5.75 Å². The Kier molecular flexibility index (Phi) is 9.31. The van der Waals surface area contributed by atoms with E-state index < -0.39 is 28.1 Å². The molecule has 0 spiro atoms. The van der Waals surface area contributed by atoms with Gasteiger partial charge in [-0.3, -0.25) is 9.52 Å². The number of hydrogen-bond donors (Lipinski definition) is 3. The number of nitrogens with one attached hydrogen (secondary N) is 2. The number of carbonyl (C=O) groups excluding carboxylic acids is 2. The van der Waals surface area contributed by atoms with E-state index in [4.69, 9.17) is 4.74 Å². The standard InChI is InChI=1S/C34H38N4O6S/c1-22-15-17-26(18-16-22)45(42,43)36-30-14-8-12-28-32(30)44-31(23(2)19-38(33(28)40)24(3)21-39)20-37(4)34(41)35-29-13-7-10-25-9-5-6-11-27(25)29/h5-18,23-24,31,36,39H,19-21H2,1-4H3,(H,35,41)/t23-,24-,31+/m1/s1. The lowest BCUT2D eigenvalue weighted by Crippen LogP contribution is -2.50. The van der Waals surface area contributed by atoms with Crippen LogP contribution in [-0.2, 0) is 10.0 Å². The highest BCUT2D eigenvalue weighted by Crippen LogP contribution is 2.36. The summed E-state index contributed by atoms with van der Waals surface area (Å²) in [5, 5.41) is 14.9. The summed E-state index contributed by atoms with van der Waals surface area (Å²) < 4.78 is 35.9. The Morgan fingerprint density at radius 2 is 1.69 bits per heavy atom. The third-order valence-electron chi connectivity index (χ3n) is 8.10. The first-order valence-electron chi connectivity index (χ1n) is 14.8. The Bertz CT molecular complexity index is 1810. The molecule has 0 bridgehead atoms. The number of aryl methyl sites for hydroxylation is 1. The number of ether oxygens (including phenoxy) is 1. The van der Waals surface area contributed by atoms with Crippen molar-refractivity contribution in [1.82, 2.24) is 9.80 Å². The summed E-state index contributed by atoms with van der Waals surface area (Å²) in [5.41, 5.74) is 1.83. The lowest BCUT2D eigenvalue weighted by atomic mass is 9.99. The molecule has 0 saturated heterocycles. The van der Waals surface area contributed by atoms with Gasteiger partial charge in [0.2, 0.25) is 0 Å². The number of nitrogens with zero attached hydrogens (tertiary/aromatic N) is 2. The molecule has 1 aliphatic heterocycles. The number of rotatable bonds is 8. The third kappa shape index (κ3) is 6.89. The zero-order valence-electron chi connectivity index (χ0n) is 25.7. The summed E-state index contributed by atoms with van der Waals surface area (Å²) in [4.78, 5) is 30.3. The minimum Gasteiger partial charge on any atom is -0.485 e. The largest absolute Gasteiger partial charge is 0.485 e. The molecule has 1 aliphatic rings. The van der Waals surface area contributed by atoms with E-state index in [9.17, 15) is 23.1 Å². The summed E-state index contributed by atoms with van der Waals surface area (Å²) in [6, 6.07) is 23.7. The van der Waals surface area contributed by atoms with E-state index in [1.807, 2.05) is 56.3 Å². The van der Waals surface area contributed by atoms with Crippen LogP contribution in [0, 0.1) is 12.8 Å². The average molecular weight is 631 g/mol. The normalized spacial score (nSPS) is 17.4. The van der Waals surface area contributed by atoms with Gasteiger partial charge in [-0.05, 0) is 49.6 Å². The molecular weight excluding hydrogens is 592 g/mol. The summed E-state index contributed by atoms with van der Waals surface area (Å²) in [5.74, 6) is -0.631. The fourth-order valence-electron chi connectivity index (χ4n) is 5.36. The van der Waals surface area contributed by atoms with Gasteiger partial charge in [0.05, 0.1) is 41.0 Å². The van der Waals surface area contributed by atoms with Crippen LogP contribution in [0.4, 0.5) is 16.2 Å². The summed E-state index contributed by atoms with van der Waals surface area (Å²) in [6.45, 7) is 5.63. The number of likely N-dealkylation sites (N-methyl/N-ethyl adjacent to an activating group) is 1. The van der Waals surface area contributed by atoms with Gasteiger partial charge in [0.15, 0.2) is 5.75 Å². The Hall–Kier alpha value is -4.61. The molecule has 0 saturated carbocycles. The fourth-order valence-corrected chi connectivity index (χ4v) is 6.42. The fraction of sp³-hybridized carbons (Fsp3) is 0.294. The molecule has 0 unspecified atom stereocenters. The Labute approximate surface area is 263 Å². The van der Waals surface area contributed by atoms with Crippen LogP contribution in [0.15, 0.2) is 89.8 Å². The van der Waals surface area contributed by atoms with Crippen molar-refractivity contribution in [1.29, 1.82) is 0 Å². The molecule has 11 heteroatoms. The molecule has 45 heavy (non-hydrogen) atoms. The van der Waals surface area contributed by atoms with E-state index in [-0.39, 0.29) is 53.5 Å². The SMILES string of the molecule is Cc1ccc(S(=O)(=O)Nc2cccc3c2O[C@@H](CN(C)C(=O)Nc2cccc4ccccc24)[C@H](C)CN([C@H](C)CO)C3=O)cc1. The highest BCUT2D eigenvalue weighted by Gasteiger charge is 2.35. The van der Waals surface area contributed by atoms with E-state index in [0.29, 0.717) is 5.69 Å². The van der Waals surface area contributed by atoms with Gasteiger partial charge in [-0.1, -0.05) is 67.1 Å². The molecule has 10 nitrogen and oxygen atoms in total. The number of carbonyl (C=O) groups is 2. The highest BCUT2D eigenvalue weighted by atomic mass is 32.2. The molecule has 0 aliphatic carbocycles. The van der Waals surface area contributed by atoms with Crippen molar-refractivity contribution in [3.63, 3.8) is 0 Å². The smallest absolute Gasteiger partial charge is 0.321 e. The maximum Gasteiger partial charge on any atom is 0.321 e. The van der Waals surface area contributed by atoms with Gasteiger partial charge in [-0.2, -0.15) is 0 Å². The molecule has 3 N–H and O–H groups in total. The number of para-hydroxylation sites is 1. The topological polar surface area (TPSA) is 128 Å². The zero-order valence-corrected chi connectivity index (χ0v) is 26.5. The van der Waals surface area contributed by atoms with Crippen molar-refractivity contribution in [2.75, 3.05) is 36.8 Å². The Morgan fingerprint density at radius 3 is 2.42 bits per heavy atom. The van der Waals surface area contributed by atoms with Crippen molar-refractivity contribution < 1.29 is 27.9 Å². The minimum atomic E-state index is -4.03. The lowest BCUT2D eigenvalue weighted by molar-refractivity contribution is 0.0373. The second-order valence-corrected chi connectivity index (χ2v) is 13.2. The van der Waals surface area contributed by atoms with E-state index >= 15 is 0 Å². The van der Waals surface area contributed by atoms with Crippen LogP contribution < -0.4 is 14.8 Å². The first-order chi connectivity index (χ1) is 21.5. The number of aliphatic hydroxyl groups excluding tert-OH is 1. The second kappa shape index (κ2) is 13.2. The molecule has 0 fully saturated rings. The predicted molar refractivity (Wildman–Crippen MR) is 175 cm³/mol. The number of aliphatic hydroxyl groups is 1. The summed E-state index contributed by atoms with van der Waals surface area (Å²) in [7, 11) is -2.37.